The Morgan fingerprint density at radius 3 is 2.31 bits per heavy atom. The van der Waals surface area contributed by atoms with Gasteiger partial charge in [0.05, 0.1) is 21.4 Å². The normalized spacial score (nSPS) is 15.8. The number of urea groups is 1. The van der Waals surface area contributed by atoms with Gasteiger partial charge in [-0.2, -0.15) is 0 Å². The molecule has 36 heavy (non-hydrogen) atoms. The molecular formula is C24H26Cl2F4N4O2. The molecule has 1 aliphatic carbocycles. The van der Waals surface area contributed by atoms with Gasteiger partial charge in [0.1, 0.15) is 17.4 Å². The molecule has 2 aromatic rings. The van der Waals surface area contributed by atoms with Crippen LogP contribution in [0.25, 0.3) is 0 Å². The average molecular weight is 549 g/mol. The molecule has 0 saturated heterocycles. The summed E-state index contributed by atoms with van der Waals surface area (Å²) in [5.41, 5.74) is 0.445. The van der Waals surface area contributed by atoms with E-state index in [-0.39, 0.29) is 27.5 Å². The number of aliphatic imine (C=N–C) groups is 1. The van der Waals surface area contributed by atoms with E-state index < -0.39 is 24.0 Å². The third-order valence-electron chi connectivity index (χ3n) is 5.92. The van der Waals surface area contributed by atoms with E-state index in [1.165, 1.54) is 31.4 Å². The van der Waals surface area contributed by atoms with Crippen molar-refractivity contribution < 1.29 is 27.1 Å². The van der Waals surface area contributed by atoms with Crippen LogP contribution in [0.4, 0.5) is 33.7 Å². The molecule has 3 N–H and O–H groups in total. The summed E-state index contributed by atoms with van der Waals surface area (Å²) in [5.74, 6) is -0.273. The average Bonchev–Trinajstić information content (AvgIpc) is 2.79. The Labute approximate surface area is 216 Å². The van der Waals surface area contributed by atoms with E-state index in [2.05, 4.69) is 32.6 Å². The van der Waals surface area contributed by atoms with Gasteiger partial charge in [0, 0.05) is 30.8 Å². The maximum atomic E-state index is 14.1. The first-order valence-electron chi connectivity index (χ1n) is 11.3. The van der Waals surface area contributed by atoms with Crippen molar-refractivity contribution in [1.29, 1.82) is 0 Å². The highest BCUT2D eigenvalue weighted by atomic mass is 35.5. The van der Waals surface area contributed by atoms with Crippen molar-refractivity contribution in [1.82, 2.24) is 5.32 Å². The number of hydrogen-bond acceptors (Lipinski definition) is 3. The number of alkyl halides is 3. The molecule has 0 heterocycles. The number of nitrogens with one attached hydrogen (secondary N) is 3. The van der Waals surface area contributed by atoms with Crippen molar-refractivity contribution in [3.63, 3.8) is 0 Å². The quantitative estimate of drug-likeness (QED) is 0.197. The second kappa shape index (κ2) is 12.0. The molecule has 0 bridgehead atoms. The van der Waals surface area contributed by atoms with Crippen molar-refractivity contribution in [2.75, 3.05) is 17.7 Å². The Morgan fingerprint density at radius 2 is 1.72 bits per heavy atom. The number of amidine groups is 1. The predicted octanol–water partition coefficient (Wildman–Crippen LogP) is 7.61. The number of hydrogen-bond donors (Lipinski definition) is 3. The summed E-state index contributed by atoms with van der Waals surface area (Å²) in [5, 5.41) is 7.74. The van der Waals surface area contributed by atoms with Crippen LogP contribution in [0.5, 0.6) is 5.75 Å². The molecule has 0 aromatic heterocycles. The summed E-state index contributed by atoms with van der Waals surface area (Å²) in [6.45, 7) is 2.07. The zero-order valence-electron chi connectivity index (χ0n) is 19.6. The number of nitrogens with zero attached hydrogens (tertiary/aromatic N) is 1. The molecule has 1 aliphatic rings. The Morgan fingerprint density at radius 1 is 1.08 bits per heavy atom. The summed E-state index contributed by atoms with van der Waals surface area (Å²) in [7, 11) is 1.59. The Balaban J connectivity index is 1.77. The van der Waals surface area contributed by atoms with E-state index in [9.17, 15) is 22.4 Å². The van der Waals surface area contributed by atoms with E-state index >= 15 is 0 Å². The van der Waals surface area contributed by atoms with Gasteiger partial charge in [-0.05, 0) is 43.9 Å². The summed E-state index contributed by atoms with van der Waals surface area (Å²) in [4.78, 5) is 17.0. The number of anilines is 2. The molecule has 1 fully saturated rings. The van der Waals surface area contributed by atoms with Gasteiger partial charge in [0.25, 0.3) is 0 Å². The zero-order chi connectivity index (χ0) is 26.5. The smallest absolute Gasteiger partial charge is 0.406 e. The number of ether oxygens (including phenoxy) is 1. The fraction of sp³-hybridized carbons (Fsp3) is 0.417. The lowest BCUT2D eigenvalue weighted by Gasteiger charge is -2.29. The largest absolute Gasteiger partial charge is 0.573 e. The molecule has 6 nitrogen and oxygen atoms in total. The zero-order valence-corrected chi connectivity index (χ0v) is 21.1. The number of carbonyl (C=O) groups excluding carboxylic acids is 1. The van der Waals surface area contributed by atoms with Crippen molar-refractivity contribution >= 4 is 46.4 Å². The molecule has 2 aromatic carbocycles. The molecule has 2 amide bonds. The molecule has 1 unspecified atom stereocenters. The second-order valence-corrected chi connectivity index (χ2v) is 9.30. The molecule has 0 radical (unpaired) electrons. The number of amides is 2. The van der Waals surface area contributed by atoms with Crippen LogP contribution in [0.15, 0.2) is 35.3 Å². The van der Waals surface area contributed by atoms with Crippen LogP contribution in [0.1, 0.15) is 44.6 Å². The van der Waals surface area contributed by atoms with Crippen LogP contribution >= 0.6 is 23.2 Å². The fourth-order valence-electron chi connectivity index (χ4n) is 4.19. The van der Waals surface area contributed by atoms with Gasteiger partial charge < -0.3 is 20.7 Å². The van der Waals surface area contributed by atoms with Crippen LogP contribution in [-0.2, 0) is 0 Å². The maximum absolute atomic E-state index is 14.1. The first-order valence-corrected chi connectivity index (χ1v) is 12.1. The number of halogens is 6. The van der Waals surface area contributed by atoms with Crippen molar-refractivity contribution in [3.05, 3.63) is 51.8 Å². The van der Waals surface area contributed by atoms with E-state index in [1.54, 1.807) is 7.05 Å². The molecule has 0 aliphatic heterocycles. The third-order valence-corrected chi connectivity index (χ3v) is 6.51. The molecule has 1 atom stereocenters. The van der Waals surface area contributed by atoms with Crippen LogP contribution in [-0.4, -0.2) is 31.3 Å². The number of rotatable bonds is 6. The highest BCUT2D eigenvalue weighted by Crippen LogP contribution is 2.37. The lowest BCUT2D eigenvalue weighted by molar-refractivity contribution is -0.274. The topological polar surface area (TPSA) is 74.8 Å². The van der Waals surface area contributed by atoms with Crippen LogP contribution < -0.4 is 20.7 Å². The van der Waals surface area contributed by atoms with E-state index in [0.717, 1.165) is 31.0 Å². The first kappa shape index (κ1) is 27.9. The van der Waals surface area contributed by atoms with Gasteiger partial charge in [-0.15, -0.1) is 13.2 Å². The molecular weight excluding hydrogens is 523 g/mol. The minimum absolute atomic E-state index is 0.116. The van der Waals surface area contributed by atoms with E-state index in [1.807, 2.05) is 0 Å². The van der Waals surface area contributed by atoms with Crippen molar-refractivity contribution in [2.45, 2.75) is 51.4 Å². The molecule has 12 heteroatoms. The Bertz CT molecular complexity index is 1100. The SMILES string of the molecule is CN=C(NC(C)C1CCCCC1)c1ccc(F)cc1NC(=O)Nc1c(Cl)cc(OC(F)(F)F)cc1Cl. The number of benzene rings is 2. The molecule has 1 saturated carbocycles. The highest BCUT2D eigenvalue weighted by molar-refractivity contribution is 6.40. The van der Waals surface area contributed by atoms with Gasteiger partial charge in [-0.1, -0.05) is 42.5 Å². The summed E-state index contributed by atoms with van der Waals surface area (Å²) < 4.78 is 55.3. The van der Waals surface area contributed by atoms with Gasteiger partial charge in [0.15, 0.2) is 0 Å². The predicted molar refractivity (Wildman–Crippen MR) is 134 cm³/mol. The summed E-state index contributed by atoms with van der Waals surface area (Å²) in [6, 6.07) is 4.89. The standard InChI is InChI=1S/C24H26Cl2F4N4O2/c1-13(14-6-4-3-5-7-14)32-22(31-2)17-9-8-15(27)10-20(17)33-23(35)34-21-18(25)11-16(12-19(21)26)36-24(28,29)30/h8-14H,3-7H2,1-2H3,(H,31,32)(H2,33,34,35). The van der Waals surface area contributed by atoms with Crippen LogP contribution in [0, 0.1) is 11.7 Å². The van der Waals surface area contributed by atoms with Crippen LogP contribution in [0.3, 0.4) is 0 Å². The van der Waals surface area contributed by atoms with Gasteiger partial charge >= 0.3 is 12.4 Å². The van der Waals surface area contributed by atoms with Crippen molar-refractivity contribution in [2.24, 2.45) is 10.9 Å². The second-order valence-electron chi connectivity index (χ2n) is 8.48. The van der Waals surface area contributed by atoms with Gasteiger partial charge in [-0.3, -0.25) is 4.99 Å². The van der Waals surface area contributed by atoms with E-state index in [4.69, 9.17) is 23.2 Å². The lowest BCUT2D eigenvalue weighted by Crippen LogP contribution is -2.39. The third kappa shape index (κ3) is 7.64. The minimum Gasteiger partial charge on any atom is -0.406 e. The Kier molecular flexibility index (Phi) is 9.30. The van der Waals surface area contributed by atoms with E-state index in [0.29, 0.717) is 17.3 Å². The van der Waals surface area contributed by atoms with Gasteiger partial charge in [-0.25, -0.2) is 9.18 Å². The minimum atomic E-state index is -4.94. The Hall–Kier alpha value is -2.72. The van der Waals surface area contributed by atoms with Crippen LogP contribution in [0.2, 0.25) is 10.0 Å². The number of carbonyl (C=O) groups is 1. The summed E-state index contributed by atoms with van der Waals surface area (Å²) >= 11 is 12.0. The highest BCUT2D eigenvalue weighted by Gasteiger charge is 2.32. The van der Waals surface area contributed by atoms with Gasteiger partial charge in [0.2, 0.25) is 0 Å². The first-order chi connectivity index (χ1) is 17.0. The van der Waals surface area contributed by atoms with Crippen molar-refractivity contribution in [3.8, 4) is 5.75 Å². The summed E-state index contributed by atoms with van der Waals surface area (Å²) in [6.07, 6.45) is 0.853. The lowest BCUT2D eigenvalue weighted by atomic mass is 9.84. The molecule has 196 valence electrons. The molecule has 3 rings (SSSR count). The fourth-order valence-corrected chi connectivity index (χ4v) is 4.75. The monoisotopic (exact) mass is 548 g/mol. The maximum Gasteiger partial charge on any atom is 0.573 e. The molecule has 0 spiro atoms.